The average Bonchev–Trinajstić information content (AvgIpc) is 2.90. The van der Waals surface area contributed by atoms with Gasteiger partial charge in [-0.3, -0.25) is 4.72 Å². The van der Waals surface area contributed by atoms with Crippen LogP contribution in [-0.4, -0.2) is 15.0 Å². The predicted molar refractivity (Wildman–Crippen MR) is 77.9 cm³/mol. The van der Waals surface area contributed by atoms with E-state index in [-0.39, 0.29) is 15.6 Å². The summed E-state index contributed by atoms with van der Waals surface area (Å²) in [7, 11) is -3.91. The molecule has 1 heterocycles. The van der Waals surface area contributed by atoms with Gasteiger partial charge >= 0.3 is 0 Å². The van der Waals surface area contributed by atoms with Crippen LogP contribution in [0.2, 0.25) is 5.02 Å². The van der Waals surface area contributed by atoms with Crippen LogP contribution in [0.1, 0.15) is 5.56 Å². The number of nitrogens with one attached hydrogen (secondary N) is 1. The van der Waals surface area contributed by atoms with Crippen LogP contribution >= 0.6 is 11.6 Å². The third-order valence-electron chi connectivity index (χ3n) is 3.17. The molecule has 110 valence electrons. The van der Waals surface area contributed by atoms with Gasteiger partial charge in [0.05, 0.1) is 16.5 Å². The lowest BCUT2D eigenvalue weighted by atomic mass is 10.2. The highest BCUT2D eigenvalue weighted by Gasteiger charge is 2.21. The molecule has 0 unspecified atom stereocenters. The minimum atomic E-state index is -3.91. The Morgan fingerprint density at radius 1 is 1.24 bits per heavy atom. The first-order valence-electron chi connectivity index (χ1n) is 6.20. The molecule has 2 aromatic rings. The fourth-order valence-electron chi connectivity index (χ4n) is 2.12. The number of halogens is 2. The van der Waals surface area contributed by atoms with Crippen molar-refractivity contribution in [1.29, 1.82) is 0 Å². The quantitative estimate of drug-likeness (QED) is 0.941. The Labute approximate surface area is 126 Å². The summed E-state index contributed by atoms with van der Waals surface area (Å²) in [5.74, 6) is -0.0477. The van der Waals surface area contributed by atoms with Crippen LogP contribution in [0.4, 0.5) is 10.1 Å². The molecule has 1 aliphatic heterocycles. The number of anilines is 1. The van der Waals surface area contributed by atoms with Crippen LogP contribution in [0.25, 0.3) is 0 Å². The largest absolute Gasteiger partial charge is 0.493 e. The summed E-state index contributed by atoms with van der Waals surface area (Å²) in [5, 5.41) is 0.00284. The molecule has 0 atom stereocenters. The molecule has 3 rings (SSSR count). The number of rotatable bonds is 3. The van der Waals surface area contributed by atoms with Crippen molar-refractivity contribution in [2.75, 3.05) is 11.3 Å². The Bertz CT molecular complexity index is 788. The minimum absolute atomic E-state index is 0.00284. The highest BCUT2D eigenvalue weighted by molar-refractivity contribution is 7.92. The van der Waals surface area contributed by atoms with Crippen molar-refractivity contribution in [1.82, 2.24) is 0 Å². The van der Waals surface area contributed by atoms with E-state index < -0.39 is 15.8 Å². The Morgan fingerprint density at radius 3 is 2.81 bits per heavy atom. The summed E-state index contributed by atoms with van der Waals surface area (Å²) in [6, 6.07) is 8.50. The zero-order chi connectivity index (χ0) is 15.0. The highest BCUT2D eigenvalue weighted by atomic mass is 35.5. The summed E-state index contributed by atoms with van der Waals surface area (Å²) in [6.07, 6.45) is 0.652. The molecule has 1 N–H and O–H groups in total. The Kier molecular flexibility index (Phi) is 3.51. The van der Waals surface area contributed by atoms with Crippen LogP contribution in [0.5, 0.6) is 5.75 Å². The zero-order valence-corrected chi connectivity index (χ0v) is 12.3. The standard InChI is InChI=1S/C14H11ClFNO3S/c15-11-2-1-3-12(16)14(11)17-21(18,19)10-4-5-13-9(8-10)6-7-20-13/h1-5,8,17H,6-7H2. The van der Waals surface area contributed by atoms with Crippen LogP contribution in [0, 0.1) is 5.82 Å². The van der Waals surface area contributed by atoms with Crippen molar-refractivity contribution in [2.45, 2.75) is 11.3 Å². The van der Waals surface area contributed by atoms with Crippen LogP contribution in [0.3, 0.4) is 0 Å². The monoisotopic (exact) mass is 327 g/mol. The van der Waals surface area contributed by atoms with E-state index in [1.54, 1.807) is 6.07 Å². The lowest BCUT2D eigenvalue weighted by Gasteiger charge is -2.11. The molecule has 21 heavy (non-hydrogen) atoms. The molecule has 0 spiro atoms. The summed E-state index contributed by atoms with van der Waals surface area (Å²) in [6.45, 7) is 0.533. The van der Waals surface area contributed by atoms with Gasteiger partial charge in [0, 0.05) is 6.42 Å². The topological polar surface area (TPSA) is 55.4 Å². The van der Waals surface area contributed by atoms with Crippen LogP contribution < -0.4 is 9.46 Å². The van der Waals surface area contributed by atoms with Gasteiger partial charge in [0.2, 0.25) is 0 Å². The van der Waals surface area contributed by atoms with E-state index in [4.69, 9.17) is 16.3 Å². The summed E-state index contributed by atoms with van der Waals surface area (Å²) in [4.78, 5) is 0.0473. The van der Waals surface area contributed by atoms with Gasteiger partial charge in [-0.1, -0.05) is 17.7 Å². The van der Waals surface area contributed by atoms with Gasteiger partial charge in [-0.25, -0.2) is 12.8 Å². The number of para-hydroxylation sites is 1. The van der Waals surface area contributed by atoms with Crippen molar-refractivity contribution < 1.29 is 17.5 Å². The predicted octanol–water partition coefficient (Wildman–Crippen LogP) is 3.21. The third kappa shape index (κ3) is 2.69. The number of ether oxygens (including phenoxy) is 1. The van der Waals surface area contributed by atoms with Crippen LogP contribution in [0.15, 0.2) is 41.3 Å². The van der Waals surface area contributed by atoms with Gasteiger partial charge in [0.15, 0.2) is 0 Å². The maximum absolute atomic E-state index is 13.7. The highest BCUT2D eigenvalue weighted by Crippen LogP contribution is 2.30. The van der Waals surface area contributed by atoms with Gasteiger partial charge < -0.3 is 4.74 Å². The molecule has 0 saturated heterocycles. The van der Waals surface area contributed by atoms with E-state index in [0.29, 0.717) is 18.8 Å². The van der Waals surface area contributed by atoms with Crippen molar-refractivity contribution in [2.24, 2.45) is 0 Å². The zero-order valence-electron chi connectivity index (χ0n) is 10.8. The second kappa shape index (κ2) is 5.20. The Balaban J connectivity index is 1.98. The normalized spacial score (nSPS) is 13.6. The molecule has 7 heteroatoms. The van der Waals surface area contributed by atoms with Gasteiger partial charge in [0.1, 0.15) is 17.3 Å². The first-order valence-corrected chi connectivity index (χ1v) is 8.06. The molecular formula is C14H11ClFNO3S. The lowest BCUT2D eigenvalue weighted by Crippen LogP contribution is -2.14. The van der Waals surface area contributed by atoms with Crippen LogP contribution in [-0.2, 0) is 16.4 Å². The van der Waals surface area contributed by atoms with Gasteiger partial charge in [0.25, 0.3) is 10.0 Å². The summed E-state index contributed by atoms with van der Waals surface area (Å²) in [5.41, 5.74) is 0.563. The van der Waals surface area contributed by atoms with E-state index >= 15 is 0 Å². The number of fused-ring (bicyclic) bond motifs is 1. The summed E-state index contributed by atoms with van der Waals surface area (Å²) >= 11 is 5.83. The second-order valence-electron chi connectivity index (χ2n) is 4.57. The van der Waals surface area contributed by atoms with Gasteiger partial charge in [-0.05, 0) is 35.9 Å². The van der Waals surface area contributed by atoms with Crippen molar-refractivity contribution in [3.63, 3.8) is 0 Å². The molecule has 0 aromatic heterocycles. The molecule has 0 amide bonds. The number of hydrogen-bond acceptors (Lipinski definition) is 3. The molecule has 0 fully saturated rings. The molecule has 1 aliphatic rings. The molecule has 0 radical (unpaired) electrons. The van der Waals surface area contributed by atoms with Gasteiger partial charge in [-0.2, -0.15) is 0 Å². The Morgan fingerprint density at radius 2 is 2.05 bits per heavy atom. The lowest BCUT2D eigenvalue weighted by molar-refractivity contribution is 0.356. The third-order valence-corrected chi connectivity index (χ3v) is 4.83. The fraction of sp³-hybridized carbons (Fsp3) is 0.143. The molecule has 4 nitrogen and oxygen atoms in total. The first-order chi connectivity index (χ1) is 9.97. The second-order valence-corrected chi connectivity index (χ2v) is 6.66. The fourth-order valence-corrected chi connectivity index (χ4v) is 3.52. The van der Waals surface area contributed by atoms with E-state index in [0.717, 1.165) is 11.6 Å². The maximum atomic E-state index is 13.7. The Hall–Kier alpha value is -1.79. The SMILES string of the molecule is O=S(=O)(Nc1c(F)cccc1Cl)c1ccc2c(c1)CCO2. The first kappa shape index (κ1) is 14.2. The van der Waals surface area contributed by atoms with E-state index in [9.17, 15) is 12.8 Å². The van der Waals surface area contributed by atoms with Gasteiger partial charge in [-0.15, -0.1) is 0 Å². The van der Waals surface area contributed by atoms with E-state index in [1.165, 1.54) is 24.3 Å². The van der Waals surface area contributed by atoms with Crippen molar-refractivity contribution >= 4 is 27.3 Å². The summed E-state index contributed by atoms with van der Waals surface area (Å²) < 4.78 is 45.9. The maximum Gasteiger partial charge on any atom is 0.262 e. The number of hydrogen-bond donors (Lipinski definition) is 1. The van der Waals surface area contributed by atoms with E-state index in [2.05, 4.69) is 4.72 Å². The van der Waals surface area contributed by atoms with Crippen molar-refractivity contribution in [3.05, 3.63) is 52.8 Å². The number of benzene rings is 2. The smallest absolute Gasteiger partial charge is 0.262 e. The van der Waals surface area contributed by atoms with Crippen molar-refractivity contribution in [3.8, 4) is 5.75 Å². The molecule has 0 aliphatic carbocycles. The molecule has 0 bridgehead atoms. The van der Waals surface area contributed by atoms with E-state index in [1.807, 2.05) is 0 Å². The number of sulfonamides is 1. The average molecular weight is 328 g/mol. The molecular weight excluding hydrogens is 317 g/mol. The molecule has 2 aromatic carbocycles. The molecule has 0 saturated carbocycles. The minimum Gasteiger partial charge on any atom is -0.493 e.